The van der Waals surface area contributed by atoms with Gasteiger partial charge in [0.15, 0.2) is 0 Å². The fourth-order valence-electron chi connectivity index (χ4n) is 5.58. The van der Waals surface area contributed by atoms with E-state index in [9.17, 15) is 5.21 Å². The van der Waals surface area contributed by atoms with Gasteiger partial charge in [0, 0.05) is 17.4 Å². The van der Waals surface area contributed by atoms with Crippen molar-refractivity contribution in [2.24, 2.45) is 10.3 Å². The van der Waals surface area contributed by atoms with Gasteiger partial charge in [-0.2, -0.15) is 0 Å². The highest BCUT2D eigenvalue weighted by atomic mass is 16.4. The lowest BCUT2D eigenvalue weighted by Crippen LogP contribution is -2.26. The molecule has 3 aromatic rings. The van der Waals surface area contributed by atoms with Gasteiger partial charge in [-0.1, -0.05) is 104 Å². The first-order valence-electron chi connectivity index (χ1n) is 12.8. The number of nitrogens with zero attached hydrogens (tertiary/aromatic N) is 2. The minimum atomic E-state index is -0.0713. The Morgan fingerprint density at radius 2 is 1.37 bits per heavy atom. The Labute approximate surface area is 209 Å². The predicted molar refractivity (Wildman–Crippen MR) is 145 cm³/mol. The summed E-state index contributed by atoms with van der Waals surface area (Å²) in [6.45, 7) is 6.25. The van der Waals surface area contributed by atoms with Gasteiger partial charge < -0.3 is 10.4 Å². The third kappa shape index (κ3) is 4.75. The summed E-state index contributed by atoms with van der Waals surface area (Å²) < 4.78 is 0. The fraction of sp³-hybridized carbons (Fsp3) is 0.355. The lowest BCUT2D eigenvalue weighted by molar-refractivity contribution is 0.315. The molecule has 0 fully saturated rings. The van der Waals surface area contributed by atoms with Gasteiger partial charge in [-0.15, -0.1) is 0 Å². The van der Waals surface area contributed by atoms with Crippen LogP contribution < -0.4 is 0 Å². The number of hydrogen-bond donors (Lipinski definition) is 2. The van der Waals surface area contributed by atoms with Crippen LogP contribution in [0, 0.1) is 0 Å². The molecule has 0 aliphatic heterocycles. The van der Waals surface area contributed by atoms with Crippen LogP contribution in [0.4, 0.5) is 0 Å². The summed E-state index contributed by atoms with van der Waals surface area (Å²) in [5.74, 6) is 0. The molecule has 0 spiro atoms. The molecule has 0 saturated carbocycles. The van der Waals surface area contributed by atoms with E-state index in [1.54, 1.807) is 6.92 Å². The number of benzene rings is 3. The molecule has 1 aliphatic rings. The summed E-state index contributed by atoms with van der Waals surface area (Å²) in [5.41, 5.74) is 9.67. The highest BCUT2D eigenvalue weighted by molar-refractivity contribution is 6.12. The lowest BCUT2D eigenvalue weighted by Gasteiger charge is -2.33. The molecule has 0 aromatic heterocycles. The van der Waals surface area contributed by atoms with Crippen LogP contribution in [0.3, 0.4) is 0 Å². The fourth-order valence-corrected chi connectivity index (χ4v) is 5.58. The second-order valence-electron chi connectivity index (χ2n) is 9.73. The number of hydrogen-bond acceptors (Lipinski definition) is 4. The van der Waals surface area contributed by atoms with Gasteiger partial charge in [-0.05, 0) is 65.3 Å². The van der Waals surface area contributed by atoms with Gasteiger partial charge in [0.1, 0.15) is 0 Å². The van der Waals surface area contributed by atoms with E-state index in [0.717, 1.165) is 44.1 Å². The normalized spacial score (nSPS) is 14.6. The van der Waals surface area contributed by atoms with Crippen LogP contribution >= 0.6 is 0 Å². The number of fused-ring (bicyclic) bond motifs is 3. The third-order valence-electron chi connectivity index (χ3n) is 7.43. The minimum absolute atomic E-state index is 0.0713. The first kappa shape index (κ1) is 24.7. The van der Waals surface area contributed by atoms with E-state index in [1.807, 2.05) is 6.07 Å². The molecule has 2 N–H and O–H groups in total. The van der Waals surface area contributed by atoms with Crippen molar-refractivity contribution >= 4 is 11.4 Å². The maximum Gasteiger partial charge on any atom is 0.0925 e. The van der Waals surface area contributed by atoms with Gasteiger partial charge in [0.25, 0.3) is 0 Å². The average molecular weight is 469 g/mol. The maximum absolute atomic E-state index is 9.77. The molecule has 0 atom stereocenters. The Morgan fingerprint density at radius 3 is 1.97 bits per heavy atom. The van der Waals surface area contributed by atoms with E-state index >= 15 is 0 Å². The Morgan fingerprint density at radius 1 is 0.743 bits per heavy atom. The summed E-state index contributed by atoms with van der Waals surface area (Å²) in [6.07, 6.45) is 7.08. The van der Waals surface area contributed by atoms with E-state index in [0.29, 0.717) is 17.8 Å². The molecule has 0 bridgehead atoms. The molecule has 35 heavy (non-hydrogen) atoms. The van der Waals surface area contributed by atoms with E-state index in [2.05, 4.69) is 84.8 Å². The van der Waals surface area contributed by atoms with Crippen molar-refractivity contribution in [1.82, 2.24) is 0 Å². The molecule has 1 aliphatic carbocycles. The van der Waals surface area contributed by atoms with E-state index in [4.69, 9.17) is 5.21 Å². The Hall–Kier alpha value is -3.40. The van der Waals surface area contributed by atoms with Gasteiger partial charge in [-0.3, -0.25) is 0 Å². The topological polar surface area (TPSA) is 65.2 Å². The molecular weight excluding hydrogens is 432 g/mol. The molecule has 182 valence electrons. The van der Waals surface area contributed by atoms with Crippen molar-refractivity contribution in [3.8, 4) is 22.3 Å². The molecule has 0 heterocycles. The smallest absolute Gasteiger partial charge is 0.0925 e. The van der Waals surface area contributed by atoms with Crippen LogP contribution in [-0.4, -0.2) is 21.8 Å². The second kappa shape index (κ2) is 10.9. The Kier molecular flexibility index (Phi) is 7.70. The van der Waals surface area contributed by atoms with E-state index in [-0.39, 0.29) is 5.41 Å². The van der Waals surface area contributed by atoms with Crippen molar-refractivity contribution < 1.29 is 10.4 Å². The molecule has 0 unspecified atom stereocenters. The van der Waals surface area contributed by atoms with Crippen molar-refractivity contribution in [1.29, 1.82) is 0 Å². The molecule has 4 rings (SSSR count). The van der Waals surface area contributed by atoms with E-state index in [1.165, 1.54) is 33.4 Å². The Bertz CT molecular complexity index is 1220. The van der Waals surface area contributed by atoms with Crippen LogP contribution in [0.5, 0.6) is 0 Å². The number of rotatable bonds is 10. The number of oxime groups is 2. The molecule has 4 heteroatoms. The monoisotopic (exact) mass is 468 g/mol. The quantitative estimate of drug-likeness (QED) is 0.178. The zero-order chi connectivity index (χ0) is 24.8. The van der Waals surface area contributed by atoms with Gasteiger partial charge >= 0.3 is 0 Å². The molecule has 0 radical (unpaired) electrons. The summed E-state index contributed by atoms with van der Waals surface area (Å²) in [4.78, 5) is 0. The van der Waals surface area contributed by atoms with Crippen molar-refractivity contribution in [2.45, 2.75) is 71.1 Å². The zero-order valence-corrected chi connectivity index (χ0v) is 21.1. The second-order valence-corrected chi connectivity index (χ2v) is 9.73. The highest BCUT2D eigenvalue weighted by Crippen LogP contribution is 2.55. The van der Waals surface area contributed by atoms with Crippen LogP contribution in [0.1, 0.15) is 82.4 Å². The molecule has 4 nitrogen and oxygen atoms in total. The zero-order valence-electron chi connectivity index (χ0n) is 21.1. The average Bonchev–Trinajstić information content (AvgIpc) is 3.18. The standard InChI is InChI=1S/C31H36N2O2/c1-4-6-17-31(18-7-5-2)28-20-24(23-11-9-8-10-12-23)13-15-26(28)27-16-14-25(21-29(27)31)30(33-35)19-22(3)32-34/h8-16,20-21,34-35H,4-7,17-19H2,1-3H3/b32-22+,33-30-. The summed E-state index contributed by atoms with van der Waals surface area (Å²) in [5, 5.41) is 25.8. The van der Waals surface area contributed by atoms with Gasteiger partial charge in [-0.25, -0.2) is 0 Å². The van der Waals surface area contributed by atoms with Crippen molar-refractivity contribution in [3.63, 3.8) is 0 Å². The SMILES string of the molecule is CCCCC1(CCCC)c2cc(/C(C/C(C)=N/O)=N\O)ccc2-c2ccc(-c3ccccc3)cc21. The Balaban J connectivity index is 1.90. The van der Waals surface area contributed by atoms with Gasteiger partial charge in [0.05, 0.1) is 11.4 Å². The third-order valence-corrected chi connectivity index (χ3v) is 7.43. The van der Waals surface area contributed by atoms with Crippen molar-refractivity contribution in [3.05, 3.63) is 83.4 Å². The van der Waals surface area contributed by atoms with Gasteiger partial charge in [0.2, 0.25) is 0 Å². The molecular formula is C31H36N2O2. The minimum Gasteiger partial charge on any atom is -0.411 e. The summed E-state index contributed by atoms with van der Waals surface area (Å²) in [7, 11) is 0. The molecule has 0 saturated heterocycles. The summed E-state index contributed by atoms with van der Waals surface area (Å²) in [6, 6.07) is 24.0. The first-order valence-corrected chi connectivity index (χ1v) is 12.8. The van der Waals surface area contributed by atoms with Crippen LogP contribution in [0.2, 0.25) is 0 Å². The van der Waals surface area contributed by atoms with Crippen LogP contribution in [0.15, 0.2) is 77.0 Å². The van der Waals surface area contributed by atoms with Crippen LogP contribution in [0.25, 0.3) is 22.3 Å². The van der Waals surface area contributed by atoms with E-state index < -0.39 is 0 Å². The summed E-state index contributed by atoms with van der Waals surface area (Å²) >= 11 is 0. The maximum atomic E-state index is 9.77. The largest absolute Gasteiger partial charge is 0.411 e. The van der Waals surface area contributed by atoms with Crippen molar-refractivity contribution in [2.75, 3.05) is 0 Å². The van der Waals surface area contributed by atoms with Crippen LogP contribution in [-0.2, 0) is 5.41 Å². The highest BCUT2D eigenvalue weighted by Gasteiger charge is 2.42. The lowest BCUT2D eigenvalue weighted by atomic mass is 9.70. The molecule has 0 amide bonds. The predicted octanol–water partition coefficient (Wildman–Crippen LogP) is 8.42. The first-order chi connectivity index (χ1) is 17.1. The molecule has 3 aromatic carbocycles. The number of unbranched alkanes of at least 4 members (excludes halogenated alkanes) is 2.